The molecule has 0 aliphatic carbocycles. The molecular weight excluding hydrogens is 328 g/mol. The van der Waals surface area contributed by atoms with Crippen LogP contribution in [0.3, 0.4) is 0 Å². The molecule has 1 fully saturated rings. The molecule has 7 nitrogen and oxygen atoms in total. The van der Waals surface area contributed by atoms with Crippen LogP contribution < -0.4 is 10.2 Å². The number of aromatic nitrogens is 4. The van der Waals surface area contributed by atoms with Gasteiger partial charge in [0.15, 0.2) is 0 Å². The molecule has 0 saturated carbocycles. The summed E-state index contributed by atoms with van der Waals surface area (Å²) in [5.74, 6) is 0.423. The molecule has 2 aromatic heterocycles. The van der Waals surface area contributed by atoms with Crippen LogP contribution >= 0.6 is 0 Å². The Morgan fingerprint density at radius 2 is 1.92 bits per heavy atom. The number of anilines is 2. The molecular formula is C19H22N6O. The van der Waals surface area contributed by atoms with Gasteiger partial charge in [-0.2, -0.15) is 0 Å². The average Bonchev–Trinajstić information content (AvgIpc) is 3.02. The molecule has 134 valence electrons. The summed E-state index contributed by atoms with van der Waals surface area (Å²) in [7, 11) is 1.93. The summed E-state index contributed by atoms with van der Waals surface area (Å²) in [4.78, 5) is 28.2. The Labute approximate surface area is 152 Å². The van der Waals surface area contributed by atoms with Crippen LogP contribution in [0.4, 0.5) is 11.6 Å². The molecule has 3 heterocycles. The predicted molar refractivity (Wildman–Crippen MR) is 102 cm³/mol. The standard InChI is InChI=1S/C19H22N6O/c1-13-10-16(23-19(21-13)25-8-4-3-5-9-25)18(26)22-14-6-7-15-17(11-14)24(2)12-20-15/h6-7,10-12H,3-5,8-9H2,1-2H3,(H,22,26). The van der Waals surface area contributed by atoms with Gasteiger partial charge in [0.2, 0.25) is 5.95 Å². The molecule has 1 aliphatic heterocycles. The van der Waals surface area contributed by atoms with Crippen LogP contribution in [0.5, 0.6) is 0 Å². The van der Waals surface area contributed by atoms with E-state index in [0.29, 0.717) is 11.6 Å². The summed E-state index contributed by atoms with van der Waals surface area (Å²) in [6.45, 7) is 3.79. The number of benzene rings is 1. The minimum atomic E-state index is -0.227. The van der Waals surface area contributed by atoms with Gasteiger partial charge in [-0.25, -0.2) is 15.0 Å². The summed E-state index contributed by atoms with van der Waals surface area (Å²) in [5, 5.41) is 2.94. The fourth-order valence-corrected chi connectivity index (χ4v) is 3.30. The highest BCUT2D eigenvalue weighted by Gasteiger charge is 2.17. The summed E-state index contributed by atoms with van der Waals surface area (Å²) in [6, 6.07) is 7.40. The highest BCUT2D eigenvalue weighted by atomic mass is 16.1. The monoisotopic (exact) mass is 350 g/mol. The van der Waals surface area contributed by atoms with Gasteiger partial charge in [-0.05, 0) is 50.5 Å². The number of nitrogens with zero attached hydrogens (tertiary/aromatic N) is 5. The lowest BCUT2D eigenvalue weighted by molar-refractivity contribution is 0.102. The summed E-state index contributed by atoms with van der Waals surface area (Å²) in [5.41, 5.74) is 3.78. The van der Waals surface area contributed by atoms with E-state index >= 15 is 0 Å². The zero-order valence-electron chi connectivity index (χ0n) is 15.1. The van der Waals surface area contributed by atoms with Crippen molar-refractivity contribution in [3.8, 4) is 0 Å². The highest BCUT2D eigenvalue weighted by Crippen LogP contribution is 2.20. The van der Waals surface area contributed by atoms with Crippen molar-refractivity contribution in [2.24, 2.45) is 7.05 Å². The van der Waals surface area contributed by atoms with E-state index in [0.717, 1.165) is 48.3 Å². The van der Waals surface area contributed by atoms with E-state index in [9.17, 15) is 4.79 Å². The zero-order valence-corrected chi connectivity index (χ0v) is 15.1. The highest BCUT2D eigenvalue weighted by molar-refractivity contribution is 6.03. The van der Waals surface area contributed by atoms with Crippen LogP contribution in [0.1, 0.15) is 35.4 Å². The van der Waals surface area contributed by atoms with E-state index in [1.165, 1.54) is 6.42 Å². The first-order valence-electron chi connectivity index (χ1n) is 8.93. The molecule has 26 heavy (non-hydrogen) atoms. The van der Waals surface area contributed by atoms with Gasteiger partial charge in [0, 0.05) is 31.5 Å². The van der Waals surface area contributed by atoms with Gasteiger partial charge in [0.1, 0.15) is 5.69 Å². The van der Waals surface area contributed by atoms with Crippen molar-refractivity contribution in [1.29, 1.82) is 0 Å². The smallest absolute Gasteiger partial charge is 0.274 e. The third kappa shape index (κ3) is 3.24. The van der Waals surface area contributed by atoms with Gasteiger partial charge in [-0.15, -0.1) is 0 Å². The minimum Gasteiger partial charge on any atom is -0.341 e. The second-order valence-corrected chi connectivity index (χ2v) is 6.76. The molecule has 1 amide bonds. The molecule has 0 atom stereocenters. The van der Waals surface area contributed by atoms with Gasteiger partial charge >= 0.3 is 0 Å². The Morgan fingerprint density at radius 3 is 2.73 bits per heavy atom. The van der Waals surface area contributed by atoms with Gasteiger partial charge < -0.3 is 14.8 Å². The van der Waals surface area contributed by atoms with Crippen molar-refractivity contribution in [1.82, 2.24) is 19.5 Å². The first-order valence-corrected chi connectivity index (χ1v) is 8.93. The largest absolute Gasteiger partial charge is 0.341 e. The van der Waals surface area contributed by atoms with Crippen molar-refractivity contribution in [3.05, 3.63) is 42.0 Å². The van der Waals surface area contributed by atoms with Crippen LogP contribution in [0.25, 0.3) is 11.0 Å². The molecule has 0 spiro atoms. The van der Waals surface area contributed by atoms with Crippen molar-refractivity contribution in [3.63, 3.8) is 0 Å². The number of carbonyl (C=O) groups is 1. The zero-order chi connectivity index (χ0) is 18.1. The van der Waals surface area contributed by atoms with Gasteiger partial charge in [-0.3, -0.25) is 4.79 Å². The molecule has 1 aromatic carbocycles. The van der Waals surface area contributed by atoms with Crippen LogP contribution in [0, 0.1) is 6.92 Å². The van der Waals surface area contributed by atoms with Gasteiger partial charge in [-0.1, -0.05) is 0 Å². The number of amides is 1. The number of carbonyl (C=O) groups excluding carboxylic acids is 1. The van der Waals surface area contributed by atoms with E-state index in [1.807, 2.05) is 36.7 Å². The molecule has 4 rings (SSSR count). The Morgan fingerprint density at radius 1 is 1.12 bits per heavy atom. The summed E-state index contributed by atoms with van der Waals surface area (Å²) >= 11 is 0. The molecule has 0 radical (unpaired) electrons. The maximum atomic E-state index is 12.7. The maximum absolute atomic E-state index is 12.7. The molecule has 7 heteroatoms. The molecule has 1 saturated heterocycles. The van der Waals surface area contributed by atoms with Crippen LogP contribution in [-0.2, 0) is 7.05 Å². The number of hydrogen-bond acceptors (Lipinski definition) is 5. The van der Waals surface area contributed by atoms with Gasteiger partial charge in [0.05, 0.1) is 17.4 Å². The summed E-state index contributed by atoms with van der Waals surface area (Å²) < 4.78 is 1.92. The Hall–Kier alpha value is -2.96. The Balaban J connectivity index is 1.58. The van der Waals surface area contributed by atoms with Crippen LogP contribution in [-0.4, -0.2) is 38.5 Å². The van der Waals surface area contributed by atoms with Crippen molar-refractivity contribution < 1.29 is 4.79 Å². The van der Waals surface area contributed by atoms with E-state index < -0.39 is 0 Å². The number of fused-ring (bicyclic) bond motifs is 1. The number of nitrogens with one attached hydrogen (secondary N) is 1. The maximum Gasteiger partial charge on any atom is 0.274 e. The summed E-state index contributed by atoms with van der Waals surface area (Å²) in [6.07, 6.45) is 5.29. The number of imidazole rings is 1. The second-order valence-electron chi connectivity index (χ2n) is 6.76. The first-order chi connectivity index (χ1) is 12.6. The lowest BCUT2D eigenvalue weighted by Crippen LogP contribution is -2.31. The SMILES string of the molecule is Cc1cc(C(=O)Nc2ccc3ncn(C)c3c2)nc(N2CCCCC2)n1. The quantitative estimate of drug-likeness (QED) is 0.786. The van der Waals surface area contributed by atoms with Crippen LogP contribution in [0.2, 0.25) is 0 Å². The topological polar surface area (TPSA) is 75.9 Å². The fourth-order valence-electron chi connectivity index (χ4n) is 3.30. The van der Waals surface area contributed by atoms with E-state index in [1.54, 1.807) is 12.4 Å². The lowest BCUT2D eigenvalue weighted by atomic mass is 10.1. The van der Waals surface area contributed by atoms with Crippen molar-refractivity contribution >= 4 is 28.6 Å². The number of rotatable bonds is 3. The molecule has 0 bridgehead atoms. The fraction of sp³-hybridized carbons (Fsp3) is 0.368. The second kappa shape index (κ2) is 6.74. The first kappa shape index (κ1) is 16.5. The van der Waals surface area contributed by atoms with Gasteiger partial charge in [0.25, 0.3) is 5.91 Å². The lowest BCUT2D eigenvalue weighted by Gasteiger charge is -2.27. The Bertz CT molecular complexity index is 958. The molecule has 3 aromatic rings. The molecule has 1 N–H and O–H groups in total. The molecule has 0 unspecified atom stereocenters. The van der Waals surface area contributed by atoms with E-state index in [-0.39, 0.29) is 5.91 Å². The third-order valence-corrected chi connectivity index (χ3v) is 4.70. The number of piperidine rings is 1. The third-order valence-electron chi connectivity index (χ3n) is 4.70. The van der Waals surface area contributed by atoms with E-state index in [4.69, 9.17) is 0 Å². The Kier molecular flexibility index (Phi) is 4.28. The normalized spacial score (nSPS) is 14.6. The minimum absolute atomic E-state index is 0.227. The number of hydrogen-bond donors (Lipinski definition) is 1. The molecule has 1 aliphatic rings. The van der Waals surface area contributed by atoms with Crippen molar-refractivity contribution in [2.45, 2.75) is 26.2 Å². The number of aryl methyl sites for hydroxylation is 2. The average molecular weight is 350 g/mol. The predicted octanol–water partition coefficient (Wildman–Crippen LogP) is 2.91. The van der Waals surface area contributed by atoms with Crippen molar-refractivity contribution in [2.75, 3.05) is 23.3 Å². The van der Waals surface area contributed by atoms with E-state index in [2.05, 4.69) is 25.2 Å². The van der Waals surface area contributed by atoms with Crippen LogP contribution in [0.15, 0.2) is 30.6 Å².